The second-order valence-corrected chi connectivity index (χ2v) is 8.32. The van der Waals surface area contributed by atoms with Crippen LogP contribution in [0.4, 0.5) is 0 Å². The second kappa shape index (κ2) is 12.4. The first-order chi connectivity index (χ1) is 17.7. The number of carbonyl (C=O) groups is 2. The minimum Gasteiger partial charge on any atom is -0.497 e. The molecular formula is C31H30O6. The van der Waals surface area contributed by atoms with Gasteiger partial charge in [0.2, 0.25) is 0 Å². The number of hydrogen-bond acceptors (Lipinski definition) is 6. The first kappa shape index (κ1) is 27.0. The molecule has 6 nitrogen and oxygen atoms in total. The number of methoxy groups -OCH3 is 1. The summed E-state index contributed by atoms with van der Waals surface area (Å²) in [5.74, 6) is 0.980. The van der Waals surface area contributed by atoms with Crippen molar-refractivity contribution in [2.75, 3.05) is 13.7 Å². The van der Waals surface area contributed by atoms with E-state index in [0.29, 0.717) is 35.0 Å². The van der Waals surface area contributed by atoms with Gasteiger partial charge in [-0.1, -0.05) is 49.6 Å². The normalized spacial score (nSPS) is 10.6. The van der Waals surface area contributed by atoms with Crippen molar-refractivity contribution in [2.24, 2.45) is 0 Å². The summed E-state index contributed by atoms with van der Waals surface area (Å²) in [5.41, 5.74) is 3.53. The lowest BCUT2D eigenvalue weighted by molar-refractivity contribution is -0.130. The van der Waals surface area contributed by atoms with Crippen LogP contribution in [-0.4, -0.2) is 25.7 Å². The van der Waals surface area contributed by atoms with E-state index in [0.717, 1.165) is 22.4 Å². The Kier molecular flexibility index (Phi) is 9.05. The molecule has 0 amide bonds. The molecule has 0 bridgehead atoms. The summed E-state index contributed by atoms with van der Waals surface area (Å²) < 4.78 is 22.4. The van der Waals surface area contributed by atoms with Crippen molar-refractivity contribution in [3.63, 3.8) is 0 Å². The van der Waals surface area contributed by atoms with Gasteiger partial charge < -0.3 is 18.9 Å². The van der Waals surface area contributed by atoms with E-state index in [2.05, 4.69) is 13.2 Å². The van der Waals surface area contributed by atoms with Crippen molar-refractivity contribution in [1.29, 1.82) is 0 Å². The molecule has 0 spiro atoms. The van der Waals surface area contributed by atoms with Gasteiger partial charge in [0.1, 0.15) is 29.6 Å². The molecule has 0 radical (unpaired) electrons. The lowest BCUT2D eigenvalue weighted by atomic mass is 9.97. The van der Waals surface area contributed by atoms with Crippen molar-refractivity contribution < 1.29 is 28.5 Å². The Balaban J connectivity index is 2.14. The average molecular weight is 499 g/mol. The van der Waals surface area contributed by atoms with Crippen molar-refractivity contribution in [1.82, 2.24) is 0 Å². The molecule has 0 unspecified atom stereocenters. The number of hydrogen-bond donors (Lipinski definition) is 0. The highest BCUT2D eigenvalue weighted by atomic mass is 16.5. The van der Waals surface area contributed by atoms with Crippen LogP contribution < -0.4 is 18.9 Å². The molecule has 6 heteroatoms. The molecule has 37 heavy (non-hydrogen) atoms. The van der Waals surface area contributed by atoms with Crippen molar-refractivity contribution in [2.45, 2.75) is 20.8 Å². The van der Waals surface area contributed by atoms with Gasteiger partial charge in [-0.2, -0.15) is 0 Å². The summed E-state index contributed by atoms with van der Waals surface area (Å²) in [6.07, 6.45) is 3.80. The van der Waals surface area contributed by atoms with Gasteiger partial charge in [0, 0.05) is 22.3 Å². The molecule has 0 saturated heterocycles. The smallest absolute Gasteiger partial charge is 0.338 e. The maximum absolute atomic E-state index is 12.5. The molecule has 3 aromatic carbocycles. The van der Waals surface area contributed by atoms with Crippen LogP contribution in [0, 0.1) is 0 Å². The number of ether oxygens (including phenoxy) is 4. The molecular weight excluding hydrogens is 468 g/mol. The Morgan fingerprint density at radius 2 is 1.24 bits per heavy atom. The van der Waals surface area contributed by atoms with E-state index in [1.54, 1.807) is 51.3 Å². The zero-order chi connectivity index (χ0) is 26.9. The summed E-state index contributed by atoms with van der Waals surface area (Å²) in [4.78, 5) is 24.4. The third kappa shape index (κ3) is 6.98. The molecule has 0 N–H and O–H groups in total. The summed E-state index contributed by atoms with van der Waals surface area (Å²) in [5, 5.41) is 0. The molecule has 0 atom stereocenters. The van der Waals surface area contributed by atoms with E-state index in [1.165, 1.54) is 0 Å². The molecule has 3 aromatic rings. The Bertz CT molecular complexity index is 1330. The summed E-state index contributed by atoms with van der Waals surface area (Å²) in [7, 11) is 1.61. The highest BCUT2D eigenvalue weighted by Crippen LogP contribution is 2.42. The Labute approximate surface area is 217 Å². The highest BCUT2D eigenvalue weighted by Gasteiger charge is 2.18. The standard InChI is InChI=1S/C31H30O6/c1-7-8-17-35-28-18-27(23-11-15-25(16-12-23)36-30(32)20(2)3)29(37-31(33)21(4)5)19-26(28)22-9-13-24(34-6)14-10-22/h7-16,18-19H,2,4,17H2,1,3,5-6H3/b8-7+. The molecule has 0 aliphatic carbocycles. The molecule has 0 heterocycles. The van der Waals surface area contributed by atoms with Crippen LogP contribution in [0.3, 0.4) is 0 Å². The van der Waals surface area contributed by atoms with Gasteiger partial charge in [0.15, 0.2) is 0 Å². The fourth-order valence-electron chi connectivity index (χ4n) is 3.30. The quantitative estimate of drug-likeness (QED) is 0.130. The van der Waals surface area contributed by atoms with Crippen molar-refractivity contribution in [3.05, 3.63) is 97.1 Å². The van der Waals surface area contributed by atoms with Gasteiger partial charge in [0.25, 0.3) is 0 Å². The number of benzene rings is 3. The van der Waals surface area contributed by atoms with Crippen molar-refractivity contribution >= 4 is 11.9 Å². The Morgan fingerprint density at radius 1 is 0.757 bits per heavy atom. The topological polar surface area (TPSA) is 71.1 Å². The second-order valence-electron chi connectivity index (χ2n) is 8.32. The highest BCUT2D eigenvalue weighted by molar-refractivity contribution is 5.92. The molecule has 0 aliphatic heterocycles. The lowest BCUT2D eigenvalue weighted by Gasteiger charge is -2.17. The fraction of sp³-hybridized carbons (Fsp3) is 0.161. The van der Waals surface area contributed by atoms with Crippen LogP contribution >= 0.6 is 0 Å². The van der Waals surface area contributed by atoms with Gasteiger partial charge in [-0.25, -0.2) is 9.59 Å². The Hall–Kier alpha value is -4.58. The molecule has 0 aromatic heterocycles. The fourth-order valence-corrected chi connectivity index (χ4v) is 3.30. The SMILES string of the molecule is C=C(C)C(=O)Oc1ccc(-c2cc(OC/C=C/C)c(-c3ccc(OC)cc3)cc2OC(=O)C(=C)C)cc1. The number of rotatable bonds is 10. The minimum atomic E-state index is -0.545. The van der Waals surface area contributed by atoms with Gasteiger partial charge >= 0.3 is 11.9 Å². The van der Waals surface area contributed by atoms with Gasteiger partial charge in [-0.15, -0.1) is 0 Å². The summed E-state index contributed by atoms with van der Waals surface area (Å²) in [6.45, 7) is 12.7. The number of allylic oxidation sites excluding steroid dienone is 1. The maximum Gasteiger partial charge on any atom is 0.338 e. The predicted molar refractivity (Wildman–Crippen MR) is 145 cm³/mol. The first-order valence-corrected chi connectivity index (χ1v) is 11.7. The van der Waals surface area contributed by atoms with Gasteiger partial charge in [0.05, 0.1) is 7.11 Å². The Morgan fingerprint density at radius 3 is 1.76 bits per heavy atom. The van der Waals surface area contributed by atoms with E-state index in [1.807, 2.05) is 49.4 Å². The number of carbonyl (C=O) groups excluding carboxylic acids is 2. The van der Waals surface area contributed by atoms with Crippen LogP contribution in [0.2, 0.25) is 0 Å². The van der Waals surface area contributed by atoms with Crippen LogP contribution in [0.5, 0.6) is 23.0 Å². The molecule has 0 aliphatic rings. The van der Waals surface area contributed by atoms with E-state index in [9.17, 15) is 9.59 Å². The van der Waals surface area contributed by atoms with Crippen LogP contribution in [0.15, 0.2) is 97.1 Å². The average Bonchev–Trinajstić information content (AvgIpc) is 2.89. The van der Waals surface area contributed by atoms with E-state index in [4.69, 9.17) is 18.9 Å². The molecule has 0 saturated carbocycles. The van der Waals surface area contributed by atoms with E-state index >= 15 is 0 Å². The van der Waals surface area contributed by atoms with Crippen LogP contribution in [0.25, 0.3) is 22.3 Å². The number of esters is 2. The third-order valence-corrected chi connectivity index (χ3v) is 5.33. The lowest BCUT2D eigenvalue weighted by Crippen LogP contribution is -2.10. The van der Waals surface area contributed by atoms with Gasteiger partial charge in [-0.3, -0.25) is 0 Å². The van der Waals surface area contributed by atoms with Crippen LogP contribution in [0.1, 0.15) is 20.8 Å². The molecule has 0 fully saturated rings. The summed E-state index contributed by atoms with van der Waals surface area (Å²) >= 11 is 0. The third-order valence-electron chi connectivity index (χ3n) is 5.33. The minimum absolute atomic E-state index is 0.271. The molecule has 3 rings (SSSR count). The van der Waals surface area contributed by atoms with E-state index in [-0.39, 0.29) is 5.57 Å². The predicted octanol–water partition coefficient (Wildman–Crippen LogP) is 6.95. The zero-order valence-electron chi connectivity index (χ0n) is 21.5. The first-order valence-electron chi connectivity index (χ1n) is 11.7. The largest absolute Gasteiger partial charge is 0.497 e. The van der Waals surface area contributed by atoms with E-state index < -0.39 is 11.9 Å². The van der Waals surface area contributed by atoms with Gasteiger partial charge in [-0.05, 0) is 68.3 Å². The zero-order valence-corrected chi connectivity index (χ0v) is 21.5. The maximum atomic E-state index is 12.5. The van der Waals surface area contributed by atoms with Crippen LogP contribution in [-0.2, 0) is 9.59 Å². The molecule has 190 valence electrons. The monoisotopic (exact) mass is 498 g/mol. The summed E-state index contributed by atoms with van der Waals surface area (Å²) in [6, 6.07) is 18.0. The van der Waals surface area contributed by atoms with Crippen molar-refractivity contribution in [3.8, 4) is 45.3 Å².